The molecule has 2 rings (SSSR count). The molecule has 0 unspecified atom stereocenters. The predicted octanol–water partition coefficient (Wildman–Crippen LogP) is 5.92. The minimum atomic E-state index is -4.57. The Morgan fingerprint density at radius 1 is 1.23 bits per heavy atom. The second kappa shape index (κ2) is 8.19. The van der Waals surface area contributed by atoms with Crippen molar-refractivity contribution in [2.75, 3.05) is 11.9 Å². The second-order valence-electron chi connectivity index (χ2n) is 5.78. The van der Waals surface area contributed by atoms with Crippen molar-refractivity contribution in [2.24, 2.45) is 5.92 Å². The zero-order valence-corrected chi connectivity index (χ0v) is 15.7. The maximum absolute atomic E-state index is 12.9. The van der Waals surface area contributed by atoms with Crippen LogP contribution in [-0.4, -0.2) is 16.3 Å². The first-order valence-electron chi connectivity index (χ1n) is 8.01. The predicted molar refractivity (Wildman–Crippen MR) is 95.9 cm³/mol. The summed E-state index contributed by atoms with van der Waals surface area (Å²) >= 11 is 12.1. The lowest BCUT2D eigenvalue weighted by Gasteiger charge is -2.17. The van der Waals surface area contributed by atoms with E-state index in [9.17, 15) is 18.4 Å². The van der Waals surface area contributed by atoms with Crippen molar-refractivity contribution in [3.8, 4) is 11.8 Å². The van der Waals surface area contributed by atoms with Gasteiger partial charge >= 0.3 is 6.18 Å². The van der Waals surface area contributed by atoms with E-state index in [0.717, 1.165) is 25.0 Å². The van der Waals surface area contributed by atoms with Crippen LogP contribution in [0.4, 0.5) is 19.0 Å². The number of benzene rings is 1. The first-order valence-corrected chi connectivity index (χ1v) is 8.77. The molecule has 0 atom stereocenters. The van der Waals surface area contributed by atoms with Crippen LogP contribution < -0.4 is 5.32 Å². The van der Waals surface area contributed by atoms with Crippen LogP contribution in [-0.2, 0) is 6.18 Å². The summed E-state index contributed by atoms with van der Waals surface area (Å²) in [5, 5.41) is 16.1. The molecule has 1 N–H and O–H groups in total. The van der Waals surface area contributed by atoms with Gasteiger partial charge in [-0.05, 0) is 18.1 Å². The number of rotatable bonds is 6. The largest absolute Gasteiger partial charge is 0.416 e. The van der Waals surface area contributed by atoms with Crippen LogP contribution in [0.1, 0.15) is 37.8 Å². The molecule has 1 heterocycles. The molecule has 26 heavy (non-hydrogen) atoms. The monoisotopic (exact) mass is 404 g/mol. The van der Waals surface area contributed by atoms with E-state index >= 15 is 0 Å². The Bertz CT molecular complexity index is 797. The number of nitrogens with one attached hydrogen (secondary N) is 1. The van der Waals surface area contributed by atoms with Gasteiger partial charge in [-0.3, -0.25) is 0 Å². The summed E-state index contributed by atoms with van der Waals surface area (Å²) in [6, 6.07) is 3.59. The maximum atomic E-state index is 12.9. The highest BCUT2D eigenvalue weighted by Gasteiger charge is 2.32. The molecule has 0 saturated carbocycles. The third-order valence-electron chi connectivity index (χ3n) is 4.16. The zero-order chi connectivity index (χ0) is 19.5. The number of halogens is 5. The van der Waals surface area contributed by atoms with Gasteiger partial charge in [0.1, 0.15) is 23.1 Å². The molecule has 4 nitrogen and oxygen atoms in total. The first-order chi connectivity index (χ1) is 12.2. The minimum absolute atomic E-state index is 0.0925. The van der Waals surface area contributed by atoms with E-state index in [1.54, 1.807) is 0 Å². The minimum Gasteiger partial charge on any atom is -0.369 e. The fraction of sp³-hybridized carbons (Fsp3) is 0.412. The van der Waals surface area contributed by atoms with Gasteiger partial charge in [-0.25, -0.2) is 4.68 Å². The molecule has 0 saturated heterocycles. The number of hydrogen-bond acceptors (Lipinski definition) is 3. The third kappa shape index (κ3) is 4.25. The zero-order valence-electron chi connectivity index (χ0n) is 14.2. The molecular weight excluding hydrogens is 388 g/mol. The molecular formula is C17H17Cl2F3N4. The Balaban J connectivity index is 2.50. The second-order valence-corrected chi connectivity index (χ2v) is 6.59. The van der Waals surface area contributed by atoms with Crippen molar-refractivity contribution in [1.29, 1.82) is 5.26 Å². The fourth-order valence-corrected chi connectivity index (χ4v) is 3.17. The smallest absolute Gasteiger partial charge is 0.369 e. The van der Waals surface area contributed by atoms with Gasteiger partial charge in [0.15, 0.2) is 0 Å². The van der Waals surface area contributed by atoms with Crippen molar-refractivity contribution in [1.82, 2.24) is 9.78 Å². The quantitative estimate of drug-likeness (QED) is 0.649. The van der Waals surface area contributed by atoms with Gasteiger partial charge in [-0.15, -0.1) is 0 Å². The molecule has 0 amide bonds. The number of aromatic nitrogens is 2. The van der Waals surface area contributed by atoms with Gasteiger partial charge in [-0.2, -0.15) is 23.5 Å². The maximum Gasteiger partial charge on any atom is 0.416 e. The van der Waals surface area contributed by atoms with Crippen molar-refractivity contribution in [2.45, 2.75) is 32.9 Å². The van der Waals surface area contributed by atoms with Crippen molar-refractivity contribution in [3.63, 3.8) is 0 Å². The molecule has 1 aromatic heterocycles. The molecule has 9 heteroatoms. The van der Waals surface area contributed by atoms with Gasteiger partial charge in [0.2, 0.25) is 0 Å². The van der Waals surface area contributed by atoms with E-state index in [1.807, 2.05) is 6.07 Å². The molecule has 0 aliphatic rings. The van der Waals surface area contributed by atoms with Crippen molar-refractivity contribution in [3.05, 3.63) is 39.5 Å². The normalized spacial score (nSPS) is 11.7. The summed E-state index contributed by atoms with van der Waals surface area (Å²) < 4.78 is 40.0. The summed E-state index contributed by atoms with van der Waals surface area (Å²) in [5.41, 5.74) is -0.603. The Morgan fingerprint density at radius 3 is 2.27 bits per heavy atom. The van der Waals surface area contributed by atoms with Crippen molar-refractivity contribution < 1.29 is 13.2 Å². The van der Waals surface area contributed by atoms with Gasteiger partial charge in [-0.1, -0.05) is 49.9 Å². The molecule has 0 spiro atoms. The Morgan fingerprint density at radius 2 is 1.81 bits per heavy atom. The van der Waals surface area contributed by atoms with E-state index < -0.39 is 11.7 Å². The molecule has 140 valence electrons. The van der Waals surface area contributed by atoms with Gasteiger partial charge in [0.05, 0.1) is 21.8 Å². The summed E-state index contributed by atoms with van der Waals surface area (Å²) in [4.78, 5) is 0. The van der Waals surface area contributed by atoms with E-state index in [0.29, 0.717) is 18.3 Å². The van der Waals surface area contributed by atoms with Crippen LogP contribution in [0.15, 0.2) is 18.3 Å². The lowest BCUT2D eigenvalue weighted by Crippen LogP contribution is -2.16. The van der Waals surface area contributed by atoms with Crippen LogP contribution in [0.25, 0.3) is 5.69 Å². The van der Waals surface area contributed by atoms with Crippen LogP contribution >= 0.6 is 23.2 Å². The van der Waals surface area contributed by atoms with Gasteiger partial charge in [0.25, 0.3) is 0 Å². The van der Waals surface area contributed by atoms with E-state index in [-0.39, 0.29) is 21.3 Å². The standard InChI is InChI=1S/C17H17Cl2F3N4/c1-3-10(4-2)8-24-16-11(7-23)9-25-26(16)15-13(18)5-12(6-14(15)19)17(20,21)22/h5-6,9-10,24H,3-4,8H2,1-2H3. The Hall–Kier alpha value is -1.91. The third-order valence-corrected chi connectivity index (χ3v) is 4.73. The van der Waals surface area contributed by atoms with E-state index in [4.69, 9.17) is 23.2 Å². The Labute approximate surface area is 159 Å². The van der Waals surface area contributed by atoms with Crippen LogP contribution in [0.5, 0.6) is 0 Å². The van der Waals surface area contributed by atoms with Crippen LogP contribution in [0, 0.1) is 17.2 Å². The molecule has 1 aromatic carbocycles. The fourth-order valence-electron chi connectivity index (χ4n) is 2.52. The molecule has 0 bridgehead atoms. The van der Waals surface area contributed by atoms with E-state index in [1.165, 1.54) is 10.9 Å². The number of hydrogen-bond donors (Lipinski definition) is 1. The SMILES string of the molecule is CCC(CC)CNc1c(C#N)cnn1-c1c(Cl)cc(C(F)(F)F)cc1Cl. The highest BCUT2D eigenvalue weighted by molar-refractivity contribution is 6.38. The molecule has 2 aromatic rings. The highest BCUT2D eigenvalue weighted by atomic mass is 35.5. The van der Waals surface area contributed by atoms with E-state index in [2.05, 4.69) is 24.3 Å². The Kier molecular flexibility index (Phi) is 6.43. The summed E-state index contributed by atoms with van der Waals surface area (Å²) in [7, 11) is 0. The number of anilines is 1. The molecule has 0 aliphatic carbocycles. The van der Waals surface area contributed by atoms with Crippen LogP contribution in [0.2, 0.25) is 10.0 Å². The molecule has 0 aliphatic heterocycles. The van der Waals surface area contributed by atoms with Gasteiger partial charge < -0.3 is 5.32 Å². The number of alkyl halides is 3. The number of nitrogens with zero attached hydrogens (tertiary/aromatic N) is 3. The van der Waals surface area contributed by atoms with Crippen molar-refractivity contribution >= 4 is 29.0 Å². The highest BCUT2D eigenvalue weighted by Crippen LogP contribution is 2.38. The number of nitriles is 1. The summed E-state index contributed by atoms with van der Waals surface area (Å²) in [6.07, 6.45) is -1.35. The summed E-state index contributed by atoms with van der Waals surface area (Å²) in [5.74, 6) is 0.728. The average molecular weight is 405 g/mol. The average Bonchev–Trinajstić information content (AvgIpc) is 2.97. The van der Waals surface area contributed by atoms with Crippen LogP contribution in [0.3, 0.4) is 0 Å². The summed E-state index contributed by atoms with van der Waals surface area (Å²) in [6.45, 7) is 4.70. The molecule has 0 fully saturated rings. The topological polar surface area (TPSA) is 53.6 Å². The first kappa shape index (κ1) is 20.4. The lowest BCUT2D eigenvalue weighted by molar-refractivity contribution is -0.137. The van der Waals surface area contributed by atoms with Gasteiger partial charge in [0, 0.05) is 6.54 Å². The lowest BCUT2D eigenvalue weighted by atomic mass is 10.0. The molecule has 0 radical (unpaired) electrons.